The number of hydrogen-bond acceptors (Lipinski definition) is 3. The second kappa shape index (κ2) is 13.7. The molecule has 0 bridgehead atoms. The van der Waals surface area contributed by atoms with Gasteiger partial charge in [0.1, 0.15) is 5.78 Å². The van der Waals surface area contributed by atoms with Gasteiger partial charge in [0.15, 0.2) is 8.32 Å². The zero-order valence-corrected chi connectivity index (χ0v) is 24.2. The number of benzene rings is 1. The lowest BCUT2D eigenvalue weighted by Gasteiger charge is -2.39. The topological polar surface area (TPSA) is 63.6 Å². The average Bonchev–Trinajstić information content (AvgIpc) is 3.15. The maximum absolute atomic E-state index is 12.6. The largest absolute Gasteiger partial charge is 0.481 e. The maximum atomic E-state index is 12.6. The highest BCUT2D eigenvalue weighted by Crippen LogP contribution is 2.43. The van der Waals surface area contributed by atoms with E-state index in [1.165, 1.54) is 30.4 Å². The summed E-state index contributed by atoms with van der Waals surface area (Å²) in [6.07, 6.45) is 11.3. The number of aliphatic carboxylic acids is 1. The van der Waals surface area contributed by atoms with E-state index in [1.807, 2.05) is 0 Å². The summed E-state index contributed by atoms with van der Waals surface area (Å²) in [5.41, 5.74) is 2.56. The van der Waals surface area contributed by atoms with Crippen LogP contribution in [0.15, 0.2) is 24.3 Å². The molecule has 1 fully saturated rings. The average molecular weight is 503 g/mol. The van der Waals surface area contributed by atoms with Gasteiger partial charge in [-0.05, 0) is 60.9 Å². The van der Waals surface area contributed by atoms with Crippen molar-refractivity contribution in [2.45, 2.75) is 135 Å². The van der Waals surface area contributed by atoms with Crippen LogP contribution in [0.5, 0.6) is 0 Å². The Hall–Kier alpha value is -1.46. The molecule has 2 rings (SSSR count). The molecule has 0 saturated heterocycles. The second-order valence-corrected chi connectivity index (χ2v) is 16.9. The first-order valence-corrected chi connectivity index (χ1v) is 16.9. The third-order valence-corrected chi connectivity index (χ3v) is 12.8. The van der Waals surface area contributed by atoms with E-state index in [0.717, 1.165) is 44.9 Å². The minimum absolute atomic E-state index is 0.115. The van der Waals surface area contributed by atoms with Crippen LogP contribution in [-0.4, -0.2) is 25.2 Å². The molecule has 0 spiro atoms. The van der Waals surface area contributed by atoms with Crippen LogP contribution in [-0.2, 0) is 14.0 Å². The van der Waals surface area contributed by atoms with Crippen molar-refractivity contribution in [2.75, 3.05) is 0 Å². The van der Waals surface area contributed by atoms with E-state index in [2.05, 4.69) is 65.1 Å². The van der Waals surface area contributed by atoms with Crippen LogP contribution < -0.4 is 0 Å². The predicted octanol–water partition coefficient (Wildman–Crippen LogP) is 8.82. The van der Waals surface area contributed by atoms with Gasteiger partial charge in [-0.15, -0.1) is 0 Å². The van der Waals surface area contributed by atoms with Gasteiger partial charge >= 0.3 is 5.97 Å². The molecule has 0 aromatic heterocycles. The lowest BCUT2D eigenvalue weighted by Crippen LogP contribution is -2.41. The molecule has 4 nitrogen and oxygen atoms in total. The van der Waals surface area contributed by atoms with E-state index in [0.29, 0.717) is 18.1 Å². The molecule has 1 N–H and O–H groups in total. The molecule has 1 saturated carbocycles. The Morgan fingerprint density at radius 3 is 2.31 bits per heavy atom. The van der Waals surface area contributed by atoms with E-state index >= 15 is 0 Å². The summed E-state index contributed by atoms with van der Waals surface area (Å²) in [7, 11) is -1.88. The monoisotopic (exact) mass is 502 g/mol. The van der Waals surface area contributed by atoms with Crippen molar-refractivity contribution < 1.29 is 19.1 Å². The van der Waals surface area contributed by atoms with Crippen LogP contribution in [0.4, 0.5) is 0 Å². The number of carbonyl (C=O) groups excluding carboxylic acids is 1. The van der Waals surface area contributed by atoms with Crippen LogP contribution in [0.25, 0.3) is 0 Å². The highest BCUT2D eigenvalue weighted by molar-refractivity contribution is 6.74. The van der Waals surface area contributed by atoms with Gasteiger partial charge in [-0.2, -0.15) is 0 Å². The van der Waals surface area contributed by atoms with Crippen molar-refractivity contribution in [1.29, 1.82) is 0 Å². The molecule has 1 aromatic rings. The van der Waals surface area contributed by atoms with E-state index in [9.17, 15) is 9.59 Å². The summed E-state index contributed by atoms with van der Waals surface area (Å²) in [6.45, 7) is 13.8. The highest BCUT2D eigenvalue weighted by atomic mass is 28.4. The standard InChI is InChI=1S/C30H50O4Si/c1-7-8-11-15-28(34-35(5,6)30(2,3)4)24-19-17-23(18-20-24)25-21-22-27(31)26(25)14-12-9-10-13-16-29(32)33/h17-20,25-26,28H,7-16,21-22H2,1-6H3,(H,32,33)/t25-,26+,28?/m0/s1. The molecule has 0 aliphatic heterocycles. The number of ketones is 1. The third-order valence-electron chi connectivity index (χ3n) is 8.31. The van der Waals surface area contributed by atoms with Gasteiger partial charge in [0.2, 0.25) is 0 Å². The fraction of sp³-hybridized carbons (Fsp3) is 0.733. The minimum Gasteiger partial charge on any atom is -0.481 e. The Labute approximate surface area is 215 Å². The number of hydrogen-bond donors (Lipinski definition) is 1. The summed E-state index contributed by atoms with van der Waals surface area (Å²) in [6, 6.07) is 9.01. The zero-order valence-electron chi connectivity index (χ0n) is 23.2. The summed E-state index contributed by atoms with van der Waals surface area (Å²) in [5, 5.41) is 8.97. The summed E-state index contributed by atoms with van der Waals surface area (Å²) >= 11 is 0. The van der Waals surface area contributed by atoms with Crippen LogP contribution in [0.3, 0.4) is 0 Å². The molecule has 35 heavy (non-hydrogen) atoms. The van der Waals surface area contributed by atoms with Crippen molar-refractivity contribution in [1.82, 2.24) is 0 Å². The molecule has 1 aliphatic carbocycles. The van der Waals surface area contributed by atoms with Gasteiger partial charge < -0.3 is 9.53 Å². The number of Topliss-reactive ketones (excluding diaryl/α,β-unsaturated/α-hetero) is 1. The van der Waals surface area contributed by atoms with Crippen molar-refractivity contribution in [2.24, 2.45) is 5.92 Å². The Bertz CT molecular complexity index is 794. The van der Waals surface area contributed by atoms with Gasteiger partial charge in [0, 0.05) is 18.8 Å². The first-order valence-electron chi connectivity index (χ1n) is 14.0. The van der Waals surface area contributed by atoms with Gasteiger partial charge in [0.25, 0.3) is 0 Å². The number of carboxylic acids is 1. The molecular weight excluding hydrogens is 452 g/mol. The van der Waals surface area contributed by atoms with Gasteiger partial charge in [-0.3, -0.25) is 9.59 Å². The highest BCUT2D eigenvalue weighted by Gasteiger charge is 2.39. The van der Waals surface area contributed by atoms with E-state index in [1.54, 1.807) is 0 Å². The fourth-order valence-corrected chi connectivity index (χ4v) is 6.35. The van der Waals surface area contributed by atoms with Crippen LogP contribution >= 0.6 is 0 Å². The Morgan fingerprint density at radius 1 is 1.06 bits per heavy atom. The molecule has 3 atom stereocenters. The molecular formula is C30H50O4Si. The summed E-state index contributed by atoms with van der Waals surface area (Å²) < 4.78 is 6.89. The lowest BCUT2D eigenvalue weighted by atomic mass is 9.84. The Morgan fingerprint density at radius 2 is 1.71 bits per heavy atom. The SMILES string of the molecule is CCCCCC(O[Si](C)(C)C(C)(C)C)c1ccc([C@@H]2CCC(=O)[C@@H]2CCCCCCC(=O)O)cc1. The first-order chi connectivity index (χ1) is 16.5. The van der Waals surface area contributed by atoms with Crippen molar-refractivity contribution in [3.05, 3.63) is 35.4 Å². The smallest absolute Gasteiger partial charge is 0.303 e. The van der Waals surface area contributed by atoms with Gasteiger partial charge in [-0.25, -0.2) is 0 Å². The molecule has 1 aromatic carbocycles. The minimum atomic E-state index is -1.88. The third kappa shape index (κ3) is 9.17. The molecule has 0 amide bonds. The Kier molecular flexibility index (Phi) is 11.7. The normalized spacial score (nSPS) is 19.8. The molecule has 0 radical (unpaired) electrons. The van der Waals surface area contributed by atoms with Crippen molar-refractivity contribution in [3.8, 4) is 0 Å². The quantitative estimate of drug-likeness (QED) is 0.192. The predicted molar refractivity (Wildman–Crippen MR) is 147 cm³/mol. The van der Waals surface area contributed by atoms with E-state index < -0.39 is 14.3 Å². The summed E-state index contributed by atoms with van der Waals surface area (Å²) in [4.78, 5) is 23.3. The van der Waals surface area contributed by atoms with Crippen LogP contribution in [0.2, 0.25) is 18.1 Å². The first kappa shape index (κ1) is 29.8. The van der Waals surface area contributed by atoms with Gasteiger partial charge in [0.05, 0.1) is 6.10 Å². The van der Waals surface area contributed by atoms with E-state index in [-0.39, 0.29) is 23.5 Å². The Balaban J connectivity index is 2.05. The zero-order chi connectivity index (χ0) is 26.1. The molecule has 1 unspecified atom stereocenters. The molecule has 198 valence electrons. The second-order valence-electron chi connectivity index (χ2n) is 12.1. The van der Waals surface area contributed by atoms with Crippen molar-refractivity contribution >= 4 is 20.1 Å². The van der Waals surface area contributed by atoms with Crippen LogP contribution in [0, 0.1) is 5.92 Å². The fourth-order valence-electron chi connectivity index (χ4n) is 5.03. The van der Waals surface area contributed by atoms with Gasteiger partial charge in [-0.1, -0.05) is 90.5 Å². The number of carbonyl (C=O) groups is 2. The molecule has 1 aliphatic rings. The number of carboxylic acid groups (broad SMARTS) is 1. The van der Waals surface area contributed by atoms with Crippen LogP contribution in [0.1, 0.15) is 128 Å². The summed E-state index contributed by atoms with van der Waals surface area (Å²) in [5.74, 6) is 0.115. The van der Waals surface area contributed by atoms with E-state index in [4.69, 9.17) is 9.53 Å². The lowest BCUT2D eigenvalue weighted by molar-refractivity contribution is -0.137. The number of unbranched alkanes of at least 4 members (excludes halogenated alkanes) is 5. The molecule has 0 heterocycles. The molecule has 5 heteroatoms. The van der Waals surface area contributed by atoms with Crippen molar-refractivity contribution in [3.63, 3.8) is 0 Å². The number of rotatable bonds is 15. The maximum Gasteiger partial charge on any atom is 0.303 e.